The molecule has 0 N–H and O–H groups in total. The average molecular weight is 420 g/mol. The Balaban J connectivity index is 1.81. The Labute approximate surface area is 160 Å². The lowest BCUT2D eigenvalue weighted by molar-refractivity contribution is 0.0379. The van der Waals surface area contributed by atoms with Crippen LogP contribution in [-0.2, 0) is 9.16 Å². The van der Waals surface area contributed by atoms with Gasteiger partial charge in [-0.05, 0) is 41.5 Å². The summed E-state index contributed by atoms with van der Waals surface area (Å²) in [5.74, 6) is 0. The molecule has 2 aromatic rings. The fraction of sp³-hybridized carbons (Fsp3) is 0.400. The lowest BCUT2D eigenvalue weighted by Gasteiger charge is -2.32. The molecule has 1 aliphatic rings. The van der Waals surface area contributed by atoms with Crippen molar-refractivity contribution in [3.63, 3.8) is 0 Å². The first-order valence-corrected chi connectivity index (χ1v) is 11.8. The lowest BCUT2D eigenvalue weighted by Crippen LogP contribution is -2.60. The van der Waals surface area contributed by atoms with Crippen molar-refractivity contribution in [2.45, 2.75) is 12.5 Å². The van der Waals surface area contributed by atoms with Gasteiger partial charge in [-0.1, -0.05) is 58.4 Å². The summed E-state index contributed by atoms with van der Waals surface area (Å²) in [6.45, 7) is 4.93. The molecule has 2 aromatic carbocycles. The maximum absolute atomic E-state index is 6.32. The van der Waals surface area contributed by atoms with Gasteiger partial charge >= 0.3 is 0 Å². The van der Waals surface area contributed by atoms with Gasteiger partial charge in [0.05, 0.1) is 13.2 Å². The predicted molar refractivity (Wildman–Crippen MR) is 109 cm³/mol. The molecule has 25 heavy (non-hydrogen) atoms. The van der Waals surface area contributed by atoms with Gasteiger partial charge in [0.1, 0.15) is 0 Å². The van der Waals surface area contributed by atoms with Crippen molar-refractivity contribution in [3.8, 4) is 0 Å². The van der Waals surface area contributed by atoms with Gasteiger partial charge in [-0.25, -0.2) is 0 Å². The third-order valence-corrected chi connectivity index (χ3v) is 9.82. The van der Waals surface area contributed by atoms with Crippen LogP contribution in [0.1, 0.15) is 6.42 Å². The number of nitrogens with zero attached hydrogens (tertiary/aromatic N) is 1. The van der Waals surface area contributed by atoms with Crippen molar-refractivity contribution in [3.05, 3.63) is 59.1 Å². The maximum atomic E-state index is 6.32. The number of ether oxygens (including phenoxy) is 1. The van der Waals surface area contributed by atoms with Crippen molar-refractivity contribution in [1.29, 1.82) is 0 Å². The highest BCUT2D eigenvalue weighted by Crippen LogP contribution is 2.17. The first kappa shape index (κ1) is 18.8. The monoisotopic (exact) mass is 419 g/mol. The van der Waals surface area contributed by atoms with Gasteiger partial charge in [0.2, 0.25) is 0 Å². The van der Waals surface area contributed by atoms with Gasteiger partial charge < -0.3 is 9.16 Å². The van der Waals surface area contributed by atoms with E-state index in [0.29, 0.717) is 0 Å². The second-order valence-electron chi connectivity index (χ2n) is 6.46. The molecular weight excluding hydrogens is 394 g/mol. The van der Waals surface area contributed by atoms with Gasteiger partial charge in [0, 0.05) is 24.7 Å². The van der Waals surface area contributed by atoms with Crippen molar-refractivity contribution >= 4 is 34.6 Å². The quantitative estimate of drug-likeness (QED) is 0.643. The minimum atomic E-state index is -2.21. The topological polar surface area (TPSA) is 21.7 Å². The van der Waals surface area contributed by atoms with Gasteiger partial charge in [0.15, 0.2) is 0 Å². The summed E-state index contributed by atoms with van der Waals surface area (Å²) in [5, 5.41) is 2.69. The van der Waals surface area contributed by atoms with Crippen molar-refractivity contribution in [2.24, 2.45) is 0 Å². The molecular formula is C20H26BrNO2Si. The molecule has 0 aromatic heterocycles. The molecule has 1 fully saturated rings. The fourth-order valence-corrected chi connectivity index (χ4v) is 7.54. The number of hydrogen-bond acceptors (Lipinski definition) is 3. The Hall–Kier alpha value is -0.983. The standard InChI is InChI=1S/C20H26BrNO2Si/c1-23-25(19-6-3-2-4-7-19,20-10-8-18(21)9-11-20)17-5-12-22-13-15-24-16-14-22/h2-4,6-11H,5,12-17H2,1H3. The molecule has 5 heteroatoms. The van der Waals surface area contributed by atoms with E-state index in [-0.39, 0.29) is 0 Å². The van der Waals surface area contributed by atoms with Gasteiger partial charge in [-0.15, -0.1) is 0 Å². The van der Waals surface area contributed by atoms with Gasteiger partial charge in [-0.3, -0.25) is 4.90 Å². The van der Waals surface area contributed by atoms with E-state index in [9.17, 15) is 0 Å². The van der Waals surface area contributed by atoms with E-state index in [1.54, 1.807) is 0 Å². The minimum Gasteiger partial charge on any atom is -0.411 e. The van der Waals surface area contributed by atoms with E-state index >= 15 is 0 Å². The molecule has 0 amide bonds. The van der Waals surface area contributed by atoms with Crippen molar-refractivity contribution in [1.82, 2.24) is 4.90 Å². The molecule has 0 saturated carbocycles. The van der Waals surface area contributed by atoms with Crippen LogP contribution in [0.15, 0.2) is 59.1 Å². The highest BCUT2D eigenvalue weighted by Gasteiger charge is 2.38. The Kier molecular flexibility index (Phi) is 6.84. The summed E-state index contributed by atoms with van der Waals surface area (Å²) >= 11 is 3.55. The number of morpholine rings is 1. The Morgan fingerprint density at radius 3 is 2.28 bits per heavy atom. The van der Waals surface area contributed by atoms with Crippen LogP contribution in [0.4, 0.5) is 0 Å². The van der Waals surface area contributed by atoms with Crippen LogP contribution in [0.2, 0.25) is 6.04 Å². The van der Waals surface area contributed by atoms with Crippen LogP contribution in [0.3, 0.4) is 0 Å². The van der Waals surface area contributed by atoms with E-state index in [1.807, 2.05) is 7.11 Å². The summed E-state index contributed by atoms with van der Waals surface area (Å²) in [6, 6.07) is 20.6. The SMILES string of the molecule is CO[Si](CCCN1CCOCC1)(c1ccccc1)c1ccc(Br)cc1. The Bertz CT molecular complexity index is 647. The molecule has 1 saturated heterocycles. The van der Waals surface area contributed by atoms with E-state index in [0.717, 1.165) is 49.8 Å². The summed E-state index contributed by atoms with van der Waals surface area (Å²) < 4.78 is 12.9. The molecule has 1 unspecified atom stereocenters. The zero-order valence-electron chi connectivity index (χ0n) is 14.8. The molecule has 0 bridgehead atoms. The fourth-order valence-electron chi connectivity index (χ4n) is 3.60. The van der Waals surface area contributed by atoms with E-state index in [2.05, 4.69) is 75.4 Å². The second-order valence-corrected chi connectivity index (χ2v) is 11.1. The molecule has 3 nitrogen and oxygen atoms in total. The van der Waals surface area contributed by atoms with Crippen LogP contribution in [-0.4, -0.2) is 53.2 Å². The molecule has 0 aliphatic carbocycles. The first-order valence-electron chi connectivity index (χ1n) is 8.91. The summed E-state index contributed by atoms with van der Waals surface area (Å²) in [5.41, 5.74) is 0. The third-order valence-electron chi connectivity index (χ3n) is 5.01. The number of benzene rings is 2. The number of halogens is 1. The summed E-state index contributed by atoms with van der Waals surface area (Å²) in [7, 11) is -0.323. The van der Waals surface area contributed by atoms with Gasteiger partial charge in [-0.2, -0.15) is 0 Å². The number of rotatable bonds is 7. The second kappa shape index (κ2) is 9.10. The van der Waals surface area contributed by atoms with E-state index in [1.165, 1.54) is 10.4 Å². The largest absolute Gasteiger partial charge is 0.411 e. The zero-order valence-corrected chi connectivity index (χ0v) is 17.4. The molecule has 134 valence electrons. The summed E-state index contributed by atoms with van der Waals surface area (Å²) in [6.07, 6.45) is 1.14. The normalized spacial score (nSPS) is 18.0. The van der Waals surface area contributed by atoms with E-state index in [4.69, 9.17) is 9.16 Å². The van der Waals surface area contributed by atoms with Crippen LogP contribution >= 0.6 is 15.9 Å². The maximum Gasteiger partial charge on any atom is 0.255 e. The van der Waals surface area contributed by atoms with Crippen molar-refractivity contribution < 1.29 is 9.16 Å². The zero-order chi connectivity index (χ0) is 17.5. The highest BCUT2D eigenvalue weighted by molar-refractivity contribution is 9.10. The predicted octanol–water partition coefficient (Wildman–Crippen LogP) is 2.88. The smallest absolute Gasteiger partial charge is 0.255 e. The van der Waals surface area contributed by atoms with E-state index < -0.39 is 8.32 Å². The highest BCUT2D eigenvalue weighted by atomic mass is 79.9. The Morgan fingerprint density at radius 2 is 1.64 bits per heavy atom. The molecule has 3 rings (SSSR count). The van der Waals surface area contributed by atoms with Crippen molar-refractivity contribution in [2.75, 3.05) is 40.0 Å². The van der Waals surface area contributed by atoms with Crippen LogP contribution in [0, 0.1) is 0 Å². The van der Waals surface area contributed by atoms with Crippen LogP contribution < -0.4 is 10.4 Å². The molecule has 1 heterocycles. The molecule has 1 atom stereocenters. The third kappa shape index (κ3) is 4.60. The number of hydrogen-bond donors (Lipinski definition) is 0. The molecule has 1 aliphatic heterocycles. The lowest BCUT2D eigenvalue weighted by atomic mass is 10.3. The molecule has 0 radical (unpaired) electrons. The average Bonchev–Trinajstić information content (AvgIpc) is 2.68. The van der Waals surface area contributed by atoms with Gasteiger partial charge in [0.25, 0.3) is 8.32 Å². The van der Waals surface area contributed by atoms with Crippen LogP contribution in [0.25, 0.3) is 0 Å². The Morgan fingerprint density at radius 1 is 1.00 bits per heavy atom. The van der Waals surface area contributed by atoms with Crippen LogP contribution in [0.5, 0.6) is 0 Å². The molecule has 0 spiro atoms. The first-order chi connectivity index (χ1) is 12.2. The minimum absolute atomic E-state index is 0.859. The summed E-state index contributed by atoms with van der Waals surface area (Å²) in [4.78, 5) is 2.50.